The fourth-order valence-corrected chi connectivity index (χ4v) is 3.81. The van der Waals surface area contributed by atoms with Crippen molar-refractivity contribution in [1.29, 1.82) is 0 Å². The van der Waals surface area contributed by atoms with Crippen molar-refractivity contribution in [3.8, 4) is 11.1 Å². The molecule has 8 heteroatoms. The number of rotatable bonds is 7. The van der Waals surface area contributed by atoms with Gasteiger partial charge in [-0.05, 0) is 31.5 Å². The molecule has 0 spiro atoms. The fraction of sp³-hybridized carbons (Fsp3) is 0.190. The second kappa shape index (κ2) is 9.20. The number of amides is 1. The minimum absolute atomic E-state index is 0.0761. The van der Waals surface area contributed by atoms with E-state index in [9.17, 15) is 14.4 Å². The van der Waals surface area contributed by atoms with Gasteiger partial charge in [-0.15, -0.1) is 11.3 Å². The number of hydrogen-bond acceptors (Lipinski definition) is 7. The fourth-order valence-electron chi connectivity index (χ4n) is 2.71. The summed E-state index contributed by atoms with van der Waals surface area (Å²) in [5.41, 5.74) is 1.10. The molecule has 0 aliphatic carbocycles. The predicted octanol–water partition coefficient (Wildman–Crippen LogP) is 4.61. The molecule has 0 saturated carbocycles. The number of hydrogen-bond donors (Lipinski definition) is 1. The zero-order valence-corrected chi connectivity index (χ0v) is 16.7. The van der Waals surface area contributed by atoms with Gasteiger partial charge in [0.15, 0.2) is 5.76 Å². The smallest absolute Gasteiger partial charge is 0.349 e. The summed E-state index contributed by atoms with van der Waals surface area (Å²) < 4.78 is 15.5. The highest BCUT2D eigenvalue weighted by atomic mass is 32.1. The van der Waals surface area contributed by atoms with E-state index in [1.165, 1.54) is 12.3 Å². The molecule has 0 saturated heterocycles. The van der Waals surface area contributed by atoms with E-state index in [1.807, 2.05) is 6.07 Å². The van der Waals surface area contributed by atoms with Crippen LogP contribution in [-0.4, -0.2) is 31.1 Å². The molecule has 0 fully saturated rings. The summed E-state index contributed by atoms with van der Waals surface area (Å²) in [5, 5.41) is 2.84. The van der Waals surface area contributed by atoms with Crippen LogP contribution in [0.3, 0.4) is 0 Å². The SMILES string of the molecule is CCOC(=O)c1sc(NC(=O)c2ccco2)c(C(=O)OCC)c1-c1ccccc1. The van der Waals surface area contributed by atoms with Gasteiger partial charge in [-0.25, -0.2) is 9.59 Å². The maximum atomic E-state index is 12.8. The Hall–Kier alpha value is -3.39. The first-order valence-electron chi connectivity index (χ1n) is 8.98. The average molecular weight is 413 g/mol. The van der Waals surface area contributed by atoms with Crippen molar-refractivity contribution < 1.29 is 28.3 Å². The van der Waals surface area contributed by atoms with E-state index in [0.717, 1.165) is 11.3 Å². The van der Waals surface area contributed by atoms with Crippen molar-refractivity contribution in [3.63, 3.8) is 0 Å². The number of thiophene rings is 1. The summed E-state index contributed by atoms with van der Waals surface area (Å²) in [6.07, 6.45) is 1.37. The van der Waals surface area contributed by atoms with Gasteiger partial charge in [-0.2, -0.15) is 0 Å². The minimum Gasteiger partial charge on any atom is -0.462 e. The Labute approximate surface area is 171 Å². The Morgan fingerprint density at radius 3 is 2.28 bits per heavy atom. The molecule has 0 atom stereocenters. The van der Waals surface area contributed by atoms with Crippen LogP contribution in [0.25, 0.3) is 11.1 Å². The lowest BCUT2D eigenvalue weighted by Gasteiger charge is -2.09. The van der Waals surface area contributed by atoms with E-state index >= 15 is 0 Å². The van der Waals surface area contributed by atoms with Gasteiger partial charge >= 0.3 is 11.9 Å². The van der Waals surface area contributed by atoms with E-state index in [4.69, 9.17) is 13.9 Å². The molecule has 0 bridgehead atoms. The quantitative estimate of drug-likeness (QED) is 0.568. The molecule has 0 radical (unpaired) electrons. The van der Waals surface area contributed by atoms with Gasteiger partial charge in [0.25, 0.3) is 5.91 Å². The van der Waals surface area contributed by atoms with Crippen LogP contribution in [0.5, 0.6) is 0 Å². The van der Waals surface area contributed by atoms with E-state index in [0.29, 0.717) is 11.1 Å². The van der Waals surface area contributed by atoms with E-state index in [1.54, 1.807) is 44.2 Å². The molecule has 0 unspecified atom stereocenters. The third-order valence-corrected chi connectivity index (χ3v) is 4.97. The first-order valence-corrected chi connectivity index (χ1v) is 9.79. The second-order valence-electron chi connectivity index (χ2n) is 5.75. The molecule has 3 rings (SSSR count). The van der Waals surface area contributed by atoms with Crippen LogP contribution < -0.4 is 5.32 Å². The second-order valence-corrected chi connectivity index (χ2v) is 6.77. The van der Waals surface area contributed by atoms with Crippen molar-refractivity contribution in [2.75, 3.05) is 18.5 Å². The van der Waals surface area contributed by atoms with Gasteiger partial charge in [0, 0.05) is 5.56 Å². The topological polar surface area (TPSA) is 94.8 Å². The summed E-state index contributed by atoms with van der Waals surface area (Å²) in [4.78, 5) is 38.1. The summed E-state index contributed by atoms with van der Waals surface area (Å²) in [6.45, 7) is 3.69. The third kappa shape index (κ3) is 4.38. The largest absolute Gasteiger partial charge is 0.462 e. The van der Waals surface area contributed by atoms with E-state index < -0.39 is 17.8 Å². The molecule has 2 heterocycles. The monoisotopic (exact) mass is 413 g/mol. The molecule has 3 aromatic rings. The van der Waals surface area contributed by atoms with Crippen LogP contribution >= 0.6 is 11.3 Å². The number of carbonyl (C=O) groups is 3. The number of benzene rings is 1. The zero-order chi connectivity index (χ0) is 20.8. The van der Waals surface area contributed by atoms with Gasteiger partial charge in [0.2, 0.25) is 0 Å². The normalized spacial score (nSPS) is 10.4. The first-order chi connectivity index (χ1) is 14.1. The Balaban J connectivity index is 2.17. The van der Waals surface area contributed by atoms with Crippen molar-refractivity contribution in [2.45, 2.75) is 13.8 Å². The lowest BCUT2D eigenvalue weighted by Crippen LogP contribution is -2.14. The molecule has 0 aliphatic heterocycles. The maximum Gasteiger partial charge on any atom is 0.349 e. The van der Waals surface area contributed by atoms with Crippen molar-refractivity contribution in [1.82, 2.24) is 0 Å². The van der Waals surface area contributed by atoms with Crippen LogP contribution in [0.1, 0.15) is 44.4 Å². The molecule has 7 nitrogen and oxygen atoms in total. The number of anilines is 1. The molecule has 0 aliphatic rings. The van der Waals surface area contributed by atoms with Crippen molar-refractivity contribution in [3.05, 3.63) is 64.9 Å². The van der Waals surface area contributed by atoms with Crippen LogP contribution in [0.2, 0.25) is 0 Å². The number of furan rings is 1. The predicted molar refractivity (Wildman–Crippen MR) is 108 cm³/mol. The van der Waals surface area contributed by atoms with Crippen molar-refractivity contribution >= 4 is 34.2 Å². The summed E-state index contributed by atoms with van der Waals surface area (Å²) in [7, 11) is 0. The average Bonchev–Trinajstić information content (AvgIpc) is 3.37. The Kier molecular flexibility index (Phi) is 6.46. The molecule has 1 amide bonds. The maximum absolute atomic E-state index is 12.8. The van der Waals surface area contributed by atoms with E-state index in [-0.39, 0.29) is 34.4 Å². The van der Waals surface area contributed by atoms with Gasteiger partial charge in [0.05, 0.1) is 19.5 Å². The molecule has 29 heavy (non-hydrogen) atoms. The Bertz CT molecular complexity index is 1010. The van der Waals surface area contributed by atoms with Crippen molar-refractivity contribution in [2.24, 2.45) is 0 Å². The third-order valence-electron chi connectivity index (χ3n) is 3.88. The number of esters is 2. The standard InChI is InChI=1S/C21H19NO6S/c1-3-26-20(24)16-15(13-9-6-5-7-10-13)17(21(25)27-4-2)29-19(16)22-18(23)14-11-8-12-28-14/h5-12H,3-4H2,1-2H3,(H,22,23). The van der Waals surface area contributed by atoms with Gasteiger partial charge in [-0.1, -0.05) is 30.3 Å². The molecule has 2 aromatic heterocycles. The van der Waals surface area contributed by atoms with Crippen LogP contribution in [0.4, 0.5) is 5.00 Å². The highest BCUT2D eigenvalue weighted by Gasteiger charge is 2.31. The van der Waals surface area contributed by atoms with Gasteiger partial charge < -0.3 is 19.2 Å². The highest BCUT2D eigenvalue weighted by molar-refractivity contribution is 7.19. The summed E-state index contributed by atoms with van der Waals surface area (Å²) in [6, 6.07) is 12.0. The first kappa shape index (κ1) is 20.3. The van der Waals surface area contributed by atoms with E-state index in [2.05, 4.69) is 5.32 Å². The van der Waals surface area contributed by atoms with Crippen LogP contribution in [-0.2, 0) is 9.47 Å². The molecule has 150 valence electrons. The highest BCUT2D eigenvalue weighted by Crippen LogP contribution is 2.41. The van der Waals surface area contributed by atoms with Gasteiger partial charge in [0.1, 0.15) is 15.4 Å². The lowest BCUT2D eigenvalue weighted by molar-refractivity contribution is 0.0528. The Morgan fingerprint density at radius 1 is 0.966 bits per heavy atom. The Morgan fingerprint density at radius 2 is 1.66 bits per heavy atom. The molecule has 1 aromatic carbocycles. The van der Waals surface area contributed by atoms with Crippen LogP contribution in [0, 0.1) is 0 Å². The number of nitrogens with one attached hydrogen (secondary N) is 1. The summed E-state index contributed by atoms with van der Waals surface area (Å²) in [5.74, 6) is -1.70. The summed E-state index contributed by atoms with van der Waals surface area (Å²) >= 11 is 0.960. The lowest BCUT2D eigenvalue weighted by atomic mass is 10.0. The zero-order valence-electron chi connectivity index (χ0n) is 15.9. The number of carbonyl (C=O) groups excluding carboxylic acids is 3. The molecule has 1 N–H and O–H groups in total. The minimum atomic E-state index is -0.645. The molecular formula is C21H19NO6S. The van der Waals surface area contributed by atoms with Crippen LogP contribution in [0.15, 0.2) is 53.1 Å². The van der Waals surface area contributed by atoms with Gasteiger partial charge in [-0.3, -0.25) is 4.79 Å². The number of ether oxygens (including phenoxy) is 2. The molecular weight excluding hydrogens is 394 g/mol.